The number of phenolic OH excluding ortho intramolecular Hbond substituents is 1. The van der Waals surface area contributed by atoms with E-state index in [1.807, 2.05) is 6.08 Å². The minimum Gasteiger partial charge on any atom is -0.505 e. The number of amides is 1. The number of methoxy groups -OCH3 is 1. The summed E-state index contributed by atoms with van der Waals surface area (Å²) in [7, 11) is 5.99. The number of nitrogens with zero attached hydrogens (tertiary/aromatic N) is 4. The van der Waals surface area contributed by atoms with E-state index in [0.717, 1.165) is 98.5 Å². The molecule has 332 valence electrons. The van der Waals surface area contributed by atoms with E-state index in [9.17, 15) is 29.7 Å². The van der Waals surface area contributed by atoms with Gasteiger partial charge in [0.1, 0.15) is 90.9 Å². The highest BCUT2D eigenvalue weighted by Crippen LogP contribution is 2.55. The summed E-state index contributed by atoms with van der Waals surface area (Å²) in [6, 6.07) is 3.09. The number of quaternary nitrogens is 4. The minimum atomic E-state index is -0.941. The average molecular weight is 865 g/mol. The van der Waals surface area contributed by atoms with Crippen molar-refractivity contribution in [3.05, 3.63) is 60.4 Å². The van der Waals surface area contributed by atoms with Crippen molar-refractivity contribution in [1.82, 2.24) is 0 Å². The Kier molecular flexibility index (Phi) is 9.75. The number of aliphatic hydroxyl groups excluding tert-OH is 2. The van der Waals surface area contributed by atoms with E-state index in [1.165, 1.54) is 20.1 Å². The molecule has 7 aliphatic rings. The number of phenols is 1. The van der Waals surface area contributed by atoms with Crippen LogP contribution in [0.25, 0.3) is 49.2 Å². The maximum atomic E-state index is 15.2. The van der Waals surface area contributed by atoms with Crippen LogP contribution in [0.4, 0.5) is 16.2 Å². The van der Waals surface area contributed by atoms with E-state index in [2.05, 4.69) is 24.7 Å². The highest BCUT2D eigenvalue weighted by atomic mass is 16.6. The Morgan fingerprint density at radius 1 is 0.746 bits per heavy atom. The first-order valence-corrected chi connectivity index (χ1v) is 22.5. The van der Waals surface area contributed by atoms with E-state index in [1.54, 1.807) is 13.0 Å². The molecule has 1 aliphatic carbocycles. The summed E-state index contributed by atoms with van der Waals surface area (Å²) >= 11 is 0. The third-order valence-electron chi connectivity index (χ3n) is 16.3. The first kappa shape index (κ1) is 41.8. The molecule has 15 nitrogen and oxygen atoms in total. The van der Waals surface area contributed by atoms with Crippen LogP contribution in [0.15, 0.2) is 27.3 Å². The zero-order chi connectivity index (χ0) is 44.4. The van der Waals surface area contributed by atoms with Gasteiger partial charge in [0.15, 0.2) is 16.9 Å². The van der Waals surface area contributed by atoms with Gasteiger partial charge in [-0.25, -0.2) is 4.48 Å². The van der Waals surface area contributed by atoms with Gasteiger partial charge in [-0.15, -0.1) is 0 Å². The van der Waals surface area contributed by atoms with Gasteiger partial charge in [-0.1, -0.05) is 11.6 Å². The molecule has 1 amide bonds. The highest BCUT2D eigenvalue weighted by molar-refractivity contribution is 6.39. The second-order valence-electron chi connectivity index (χ2n) is 19.9. The largest absolute Gasteiger partial charge is 0.516 e. The third kappa shape index (κ3) is 6.14. The monoisotopic (exact) mass is 864 g/mol. The van der Waals surface area contributed by atoms with E-state index in [4.69, 9.17) is 9.47 Å². The summed E-state index contributed by atoms with van der Waals surface area (Å²) in [5.41, 5.74) is 1.93. The SMILES string of the molecule is COc1c2c3c4c(c(NCCOC(=O)[N+]56CC[N+](C)(CC5)CC6)c(O)c5c(=O)cc(CO)c(c6c(CO)cc(NCC[N+]78CC[N+](C)(CC7)CC8)c(c1=O)c63)c54)C=C(C)C2C(C)=O. The Bertz CT molecular complexity index is 2880. The van der Waals surface area contributed by atoms with Crippen LogP contribution >= 0.6 is 0 Å². The first-order valence-electron chi connectivity index (χ1n) is 22.5. The Balaban J connectivity index is 1.18. The van der Waals surface area contributed by atoms with Gasteiger partial charge in [0.25, 0.3) is 0 Å². The number of aliphatic hydroxyl groups is 2. The van der Waals surface area contributed by atoms with Crippen molar-refractivity contribution in [2.45, 2.75) is 33.0 Å². The molecule has 0 aromatic heterocycles. The predicted octanol–water partition coefficient (Wildman–Crippen LogP) is 3.23. The van der Waals surface area contributed by atoms with Crippen LogP contribution < -0.4 is 26.2 Å². The lowest BCUT2D eigenvalue weighted by Gasteiger charge is -2.54. The fraction of sp³-hybridized carbons (Fsp3) is 0.500. The van der Waals surface area contributed by atoms with Gasteiger partial charge in [-0.2, -0.15) is 4.79 Å². The van der Waals surface area contributed by atoms with Gasteiger partial charge >= 0.3 is 6.09 Å². The number of likely N-dealkylation sites (N-methyl/N-ethyl adjacent to an activating group) is 2. The number of Topliss-reactive ketones (excluding diaryl/α,β-unsaturated/α-hetero) is 1. The van der Waals surface area contributed by atoms with Crippen LogP contribution in [-0.4, -0.2) is 171 Å². The molecule has 6 aliphatic heterocycles. The number of ketones is 1. The fourth-order valence-electron chi connectivity index (χ4n) is 12.2. The normalized spacial score (nSPS) is 27.4. The van der Waals surface area contributed by atoms with Crippen LogP contribution in [0.1, 0.15) is 42.0 Å². The molecule has 6 fully saturated rings. The van der Waals surface area contributed by atoms with Crippen LogP contribution in [-0.2, 0) is 22.7 Å². The number of benzene rings is 5. The second kappa shape index (κ2) is 14.7. The summed E-state index contributed by atoms with van der Waals surface area (Å²) in [6.07, 6.45) is 1.55. The molecule has 12 rings (SSSR count). The topological polar surface area (TPSA) is 171 Å². The average Bonchev–Trinajstić information content (AvgIpc) is 3.40. The van der Waals surface area contributed by atoms with Crippen molar-refractivity contribution >= 4 is 72.4 Å². The summed E-state index contributed by atoms with van der Waals surface area (Å²) in [6.45, 7) is 15.4. The molecule has 0 saturated carbocycles. The summed E-state index contributed by atoms with van der Waals surface area (Å²) < 4.78 is 15.4. The smallest absolute Gasteiger partial charge is 0.505 e. The lowest BCUT2D eigenvalue weighted by molar-refractivity contribution is -1.07. The number of nitrogens with one attached hydrogen (secondary N) is 2. The number of ether oxygens (including phenoxy) is 2. The molecule has 6 saturated heterocycles. The first-order chi connectivity index (χ1) is 30.1. The number of hydrogen-bond donors (Lipinski definition) is 5. The Labute approximate surface area is 365 Å². The number of piperazine rings is 6. The number of rotatable bonds is 12. The van der Waals surface area contributed by atoms with Crippen molar-refractivity contribution in [3.8, 4) is 11.5 Å². The summed E-state index contributed by atoms with van der Waals surface area (Å²) in [4.78, 5) is 57.0. The van der Waals surface area contributed by atoms with E-state index in [0.29, 0.717) is 76.7 Å². The standard InChI is InChI=1S/C48H57N6O9/c1-27-22-31-37-40-36(30(26-56)24-33(58)39(40)45(59)44(31)50-7-21-63-48(61)54-18-12-52(4,13-19-54)14-20-54)35-29(25-55)23-32(49-6-8-53-15-9-51(3,10-16-53)11-17-53)38-41(35)42(37)43(34(27)28(2)57)47(62-5)46(38)60/h22-24,34,55-56H,6-21,25-26H2,1-5H3/q+1/p+3. The number of aromatic hydroxyl groups is 1. The van der Waals surface area contributed by atoms with E-state index < -0.39 is 30.0 Å². The van der Waals surface area contributed by atoms with Gasteiger partial charge in [0.05, 0.1) is 69.9 Å². The van der Waals surface area contributed by atoms with Crippen LogP contribution in [0, 0.1) is 0 Å². The molecule has 0 spiro atoms. The zero-order valence-corrected chi connectivity index (χ0v) is 37.1. The molecular weight excluding hydrogens is 805 g/mol. The Morgan fingerprint density at radius 3 is 1.92 bits per heavy atom. The number of allylic oxidation sites excluding steroid dienone is 1. The molecule has 0 radical (unpaired) electrons. The summed E-state index contributed by atoms with van der Waals surface area (Å²) in [5, 5.41) is 44.5. The molecule has 5 N–H and O–H groups in total. The van der Waals surface area contributed by atoms with Crippen molar-refractivity contribution in [1.29, 1.82) is 0 Å². The molecule has 6 heterocycles. The highest BCUT2D eigenvalue weighted by Gasteiger charge is 2.53. The predicted molar refractivity (Wildman–Crippen MR) is 243 cm³/mol. The van der Waals surface area contributed by atoms with Crippen LogP contribution in [0.3, 0.4) is 0 Å². The van der Waals surface area contributed by atoms with E-state index in [-0.39, 0.29) is 53.2 Å². The minimum absolute atomic E-state index is 0.000721. The number of fused-ring (bicyclic) bond motifs is 7. The van der Waals surface area contributed by atoms with Crippen molar-refractivity contribution in [3.63, 3.8) is 0 Å². The molecule has 15 heteroatoms. The zero-order valence-electron chi connectivity index (χ0n) is 37.1. The lowest BCUT2D eigenvalue weighted by Crippen LogP contribution is -2.75. The quantitative estimate of drug-likeness (QED) is 0.0411. The van der Waals surface area contributed by atoms with Gasteiger partial charge in [0.2, 0.25) is 5.43 Å². The molecule has 5 aromatic rings. The van der Waals surface area contributed by atoms with Crippen molar-refractivity contribution in [2.24, 2.45) is 0 Å². The molecule has 63 heavy (non-hydrogen) atoms. The molecular formula is C48H60N6O9+4. The second-order valence-corrected chi connectivity index (χ2v) is 19.9. The fourth-order valence-corrected chi connectivity index (χ4v) is 12.2. The van der Waals surface area contributed by atoms with Gasteiger partial charge < -0.3 is 48.9 Å². The van der Waals surface area contributed by atoms with Crippen molar-refractivity contribution in [2.75, 3.05) is 137 Å². The third-order valence-corrected chi connectivity index (χ3v) is 16.3. The maximum absolute atomic E-state index is 15.2. The molecule has 5 aromatic carbocycles. The molecule has 1 atom stereocenters. The molecule has 4 bridgehead atoms. The Hall–Kier alpha value is -5.16. The van der Waals surface area contributed by atoms with Crippen LogP contribution in [0.2, 0.25) is 0 Å². The molecule has 1 unspecified atom stereocenters. The lowest BCUT2D eigenvalue weighted by atomic mass is 9.79. The van der Waals surface area contributed by atoms with Crippen LogP contribution in [0.5, 0.6) is 11.5 Å². The van der Waals surface area contributed by atoms with Gasteiger partial charge in [-0.05, 0) is 53.3 Å². The van der Waals surface area contributed by atoms with E-state index >= 15 is 4.79 Å². The number of anilines is 2. The number of carbonyl (C=O) groups excluding carboxylic acids is 2. The van der Waals surface area contributed by atoms with Gasteiger partial charge in [0, 0.05) is 39.5 Å². The number of carbonyl (C=O) groups is 2. The maximum Gasteiger partial charge on any atom is 0.516 e. The van der Waals surface area contributed by atoms with Crippen molar-refractivity contribution < 1.29 is 52.3 Å². The number of hydrogen-bond acceptors (Lipinski definition) is 11. The Morgan fingerprint density at radius 2 is 1.33 bits per heavy atom. The summed E-state index contributed by atoms with van der Waals surface area (Å²) in [5.74, 6) is -1.51. The van der Waals surface area contributed by atoms with Gasteiger partial charge in [-0.3, -0.25) is 14.4 Å².